The van der Waals surface area contributed by atoms with Gasteiger partial charge in [-0.1, -0.05) is 0 Å². The minimum atomic E-state index is -5.26. The van der Waals surface area contributed by atoms with Gasteiger partial charge < -0.3 is 14.2 Å². The fraction of sp³-hybridized carbons (Fsp3) is 0.600. The summed E-state index contributed by atoms with van der Waals surface area (Å²) in [5.74, 6) is -1.82. The number of methoxy groups -OCH3 is 1. The van der Waals surface area contributed by atoms with Crippen molar-refractivity contribution in [3.8, 4) is 0 Å². The second-order valence-corrected chi connectivity index (χ2v) is 1.69. The smallest absolute Gasteiger partial charge is 0.464 e. The van der Waals surface area contributed by atoms with Gasteiger partial charge >= 0.3 is 24.9 Å². The molecule has 84 valence electrons. The molecule has 0 aromatic rings. The fourth-order valence-electron chi connectivity index (χ4n) is 0.393. The van der Waals surface area contributed by atoms with Crippen LogP contribution in [0.2, 0.25) is 0 Å². The summed E-state index contributed by atoms with van der Waals surface area (Å²) in [6.45, 7) is -3.61. The lowest BCUT2D eigenvalue weighted by atomic mass is 10.9. The number of hydrogen-bond acceptors (Lipinski definition) is 3. The highest BCUT2D eigenvalue weighted by Gasteiger charge is 2.35. The summed E-state index contributed by atoms with van der Waals surface area (Å²) in [5, 5.41) is 0. The monoisotopic (exact) mass is 226 g/mol. The summed E-state index contributed by atoms with van der Waals surface area (Å²) in [6.07, 6.45) is -5.26. The van der Waals surface area contributed by atoms with Crippen molar-refractivity contribution in [2.24, 2.45) is 0 Å². The van der Waals surface area contributed by atoms with Gasteiger partial charge in [-0.3, -0.25) is 0 Å². The molecule has 0 aromatic carbocycles. The van der Waals surface area contributed by atoms with Gasteiger partial charge in [-0.05, 0) is 0 Å². The van der Waals surface area contributed by atoms with Crippen LogP contribution in [0.15, 0.2) is 12.0 Å². The largest absolute Gasteiger partial charge is 0.575 e. The van der Waals surface area contributed by atoms with Gasteiger partial charge in [0, 0.05) is 0 Å². The van der Waals surface area contributed by atoms with E-state index in [1.807, 2.05) is 0 Å². The third kappa shape index (κ3) is 5.38. The van der Waals surface area contributed by atoms with Crippen molar-refractivity contribution in [2.45, 2.75) is 13.0 Å². The molecular formula is C5H4F6O3. The van der Waals surface area contributed by atoms with E-state index in [9.17, 15) is 26.3 Å². The maximum Gasteiger partial charge on any atom is 0.575 e. The second kappa shape index (κ2) is 4.82. The Hall–Kier alpha value is -1.28. The summed E-state index contributed by atoms with van der Waals surface area (Å²) in [4.78, 5) is 0. The lowest BCUT2D eigenvalue weighted by molar-refractivity contribution is -0.325. The van der Waals surface area contributed by atoms with Gasteiger partial charge in [0.05, 0.1) is 7.11 Å². The van der Waals surface area contributed by atoms with E-state index in [1.54, 1.807) is 0 Å². The van der Waals surface area contributed by atoms with Crippen LogP contribution in [0, 0.1) is 0 Å². The molecule has 0 aliphatic carbocycles. The predicted molar refractivity (Wildman–Crippen MR) is 29.4 cm³/mol. The Morgan fingerprint density at radius 1 is 1.21 bits per heavy atom. The minimum absolute atomic E-state index is 0.593. The zero-order valence-electron chi connectivity index (χ0n) is 6.57. The molecule has 0 N–H and O–H groups in total. The van der Waals surface area contributed by atoms with Crippen molar-refractivity contribution >= 4 is 0 Å². The molecule has 0 heterocycles. The highest BCUT2D eigenvalue weighted by molar-refractivity contribution is 4.84. The van der Waals surface area contributed by atoms with E-state index in [4.69, 9.17) is 0 Å². The predicted octanol–water partition coefficient (Wildman–Crippen LogP) is 2.50. The van der Waals surface area contributed by atoms with E-state index in [0.717, 1.165) is 0 Å². The molecule has 0 spiro atoms. The van der Waals surface area contributed by atoms with Crippen LogP contribution >= 0.6 is 0 Å². The van der Waals surface area contributed by atoms with Gasteiger partial charge in [-0.25, -0.2) is 0 Å². The lowest BCUT2D eigenvalue weighted by Crippen LogP contribution is -2.15. The van der Waals surface area contributed by atoms with Crippen molar-refractivity contribution < 1.29 is 40.6 Å². The molecule has 0 saturated heterocycles. The first-order valence-electron chi connectivity index (χ1n) is 2.90. The minimum Gasteiger partial charge on any atom is -0.464 e. The molecule has 0 aliphatic rings. The molecule has 0 radical (unpaired) electrons. The molecule has 0 amide bonds. The SMILES string of the molecule is CO/C(OC(F)(F)F)=C(/F)OC(F)F. The van der Waals surface area contributed by atoms with E-state index >= 15 is 0 Å². The maximum atomic E-state index is 12.3. The highest BCUT2D eigenvalue weighted by Crippen LogP contribution is 2.24. The van der Waals surface area contributed by atoms with E-state index in [2.05, 4.69) is 14.2 Å². The van der Waals surface area contributed by atoms with Crippen LogP contribution in [0.3, 0.4) is 0 Å². The van der Waals surface area contributed by atoms with Crippen LogP contribution in [-0.2, 0) is 14.2 Å². The molecule has 0 aliphatic heterocycles. The molecule has 0 aromatic heterocycles. The summed E-state index contributed by atoms with van der Waals surface area (Å²) < 4.78 is 78.8. The van der Waals surface area contributed by atoms with Gasteiger partial charge in [-0.15, -0.1) is 13.2 Å². The topological polar surface area (TPSA) is 27.7 Å². The highest BCUT2D eigenvalue weighted by atomic mass is 19.4. The van der Waals surface area contributed by atoms with Crippen molar-refractivity contribution in [3.63, 3.8) is 0 Å². The van der Waals surface area contributed by atoms with Crippen molar-refractivity contribution in [1.82, 2.24) is 0 Å². The Balaban J connectivity index is 4.51. The molecule has 0 fully saturated rings. The molecule has 9 heteroatoms. The molecule has 0 saturated carbocycles. The first kappa shape index (κ1) is 12.7. The summed E-state index contributed by atoms with van der Waals surface area (Å²) in [5.41, 5.74) is 0. The van der Waals surface area contributed by atoms with Crippen LogP contribution in [0.5, 0.6) is 0 Å². The third-order valence-electron chi connectivity index (χ3n) is 0.747. The average Bonchev–Trinajstić information content (AvgIpc) is 1.96. The number of halogens is 6. The molecular weight excluding hydrogens is 222 g/mol. The van der Waals surface area contributed by atoms with Gasteiger partial charge in [0.25, 0.3) is 0 Å². The summed E-state index contributed by atoms with van der Waals surface area (Å²) in [6, 6.07) is -2.29. The van der Waals surface area contributed by atoms with E-state index < -0.39 is 24.9 Å². The maximum absolute atomic E-state index is 12.3. The van der Waals surface area contributed by atoms with Gasteiger partial charge in [0.15, 0.2) is 0 Å². The quantitative estimate of drug-likeness (QED) is 0.544. The first-order valence-corrected chi connectivity index (χ1v) is 2.90. The molecule has 0 bridgehead atoms. The Bertz CT molecular complexity index is 210. The van der Waals surface area contributed by atoms with Crippen LogP contribution in [-0.4, -0.2) is 20.1 Å². The number of rotatable bonds is 4. The van der Waals surface area contributed by atoms with E-state index in [0.29, 0.717) is 7.11 Å². The zero-order chi connectivity index (χ0) is 11.4. The third-order valence-corrected chi connectivity index (χ3v) is 0.747. The first-order chi connectivity index (χ1) is 6.26. The van der Waals surface area contributed by atoms with Crippen LogP contribution < -0.4 is 0 Å². The average molecular weight is 226 g/mol. The molecule has 0 atom stereocenters. The van der Waals surface area contributed by atoms with Crippen LogP contribution in [0.4, 0.5) is 26.3 Å². The zero-order valence-corrected chi connectivity index (χ0v) is 6.57. The van der Waals surface area contributed by atoms with Gasteiger partial charge in [-0.2, -0.15) is 13.2 Å². The summed E-state index contributed by atoms with van der Waals surface area (Å²) >= 11 is 0. The fourth-order valence-corrected chi connectivity index (χ4v) is 0.393. The standard InChI is InChI=1S/C5H4F6O3/c1-12-3(14-5(9,10)11)2(6)13-4(7)8/h4H,1H3/b3-2+. The van der Waals surface area contributed by atoms with Crippen LogP contribution in [0.25, 0.3) is 0 Å². The molecule has 3 nitrogen and oxygen atoms in total. The number of alkyl halides is 5. The molecule has 0 rings (SSSR count). The Morgan fingerprint density at radius 2 is 1.71 bits per heavy atom. The Labute approximate surface area is 73.8 Å². The van der Waals surface area contributed by atoms with E-state index in [1.165, 1.54) is 0 Å². The molecule has 0 unspecified atom stereocenters. The van der Waals surface area contributed by atoms with Gasteiger partial charge in [0.1, 0.15) is 0 Å². The number of ether oxygens (including phenoxy) is 3. The van der Waals surface area contributed by atoms with Crippen molar-refractivity contribution in [3.05, 3.63) is 12.0 Å². The number of hydrogen-bond donors (Lipinski definition) is 0. The normalized spacial score (nSPS) is 13.7. The van der Waals surface area contributed by atoms with Crippen molar-refractivity contribution in [2.75, 3.05) is 7.11 Å². The summed E-state index contributed by atoms with van der Waals surface area (Å²) in [7, 11) is 0.593. The van der Waals surface area contributed by atoms with E-state index in [-0.39, 0.29) is 0 Å². The Morgan fingerprint density at radius 3 is 2.00 bits per heavy atom. The second-order valence-electron chi connectivity index (χ2n) is 1.69. The Kier molecular flexibility index (Phi) is 4.38. The van der Waals surface area contributed by atoms with Gasteiger partial charge in [0.2, 0.25) is 0 Å². The van der Waals surface area contributed by atoms with Crippen molar-refractivity contribution in [1.29, 1.82) is 0 Å². The molecule has 14 heavy (non-hydrogen) atoms. The lowest BCUT2D eigenvalue weighted by Gasteiger charge is -2.11. The van der Waals surface area contributed by atoms with Crippen LogP contribution in [0.1, 0.15) is 0 Å².